The van der Waals surface area contributed by atoms with Crippen LogP contribution in [-0.4, -0.2) is 41.4 Å². The van der Waals surface area contributed by atoms with Gasteiger partial charge in [-0.2, -0.15) is 18.2 Å². The lowest BCUT2D eigenvalue weighted by Gasteiger charge is -2.27. The van der Waals surface area contributed by atoms with Gasteiger partial charge in [0.05, 0.1) is 29.6 Å². The summed E-state index contributed by atoms with van der Waals surface area (Å²) in [7, 11) is 1.41. The van der Waals surface area contributed by atoms with Gasteiger partial charge in [-0.1, -0.05) is 0 Å². The van der Waals surface area contributed by atoms with Crippen molar-refractivity contribution in [2.24, 2.45) is 0 Å². The summed E-state index contributed by atoms with van der Waals surface area (Å²) in [4.78, 5) is 30.3. The van der Waals surface area contributed by atoms with Crippen molar-refractivity contribution in [3.8, 4) is 5.88 Å². The molecule has 3 aromatic rings. The third-order valence-electron chi connectivity index (χ3n) is 5.70. The molecular weight excluding hydrogens is 548 g/mol. The zero-order valence-electron chi connectivity index (χ0n) is 22.8. The van der Waals surface area contributed by atoms with Gasteiger partial charge in [0.15, 0.2) is 5.82 Å². The number of carbonyl (C=O) groups excluding carboxylic acids is 1. The number of amides is 1. The van der Waals surface area contributed by atoms with Crippen molar-refractivity contribution in [3.63, 3.8) is 0 Å². The fraction of sp³-hybridized carbons (Fsp3) is 0.321. The fourth-order valence-electron chi connectivity index (χ4n) is 3.84. The average Bonchev–Trinajstić information content (AvgIpc) is 2.87. The number of anilines is 4. The van der Waals surface area contributed by atoms with Crippen LogP contribution in [0.15, 0.2) is 48.5 Å². The predicted octanol–water partition coefficient (Wildman–Crippen LogP) is 6.65. The first-order valence-corrected chi connectivity index (χ1v) is 12.4. The van der Waals surface area contributed by atoms with E-state index in [4.69, 9.17) is 15.2 Å². The Balaban J connectivity index is 1.89. The summed E-state index contributed by atoms with van der Waals surface area (Å²) < 4.78 is 64.3. The molecule has 1 aromatic heterocycles. The molecule has 0 aliphatic carbocycles. The minimum absolute atomic E-state index is 0.0376. The van der Waals surface area contributed by atoms with Crippen molar-refractivity contribution < 1.29 is 41.7 Å². The molecule has 13 heteroatoms. The predicted molar refractivity (Wildman–Crippen MR) is 145 cm³/mol. The summed E-state index contributed by atoms with van der Waals surface area (Å²) >= 11 is 0. The molecule has 0 aliphatic rings. The lowest BCUT2D eigenvalue weighted by Crippen LogP contribution is -2.38. The Morgan fingerprint density at radius 1 is 1.05 bits per heavy atom. The number of nitrogen functional groups attached to an aromatic ring is 1. The van der Waals surface area contributed by atoms with Gasteiger partial charge < -0.3 is 25.6 Å². The number of pyridine rings is 1. The molecule has 0 fully saturated rings. The number of halogens is 4. The molecule has 9 nitrogen and oxygen atoms in total. The van der Waals surface area contributed by atoms with E-state index in [0.29, 0.717) is 11.6 Å². The van der Waals surface area contributed by atoms with Gasteiger partial charge in [-0.3, -0.25) is 4.90 Å². The minimum Gasteiger partial charge on any atom is -0.481 e. The number of nitrogens with one attached hydrogen (secondary N) is 1. The number of nitrogens with zero attached hydrogens (tertiary/aromatic N) is 2. The summed E-state index contributed by atoms with van der Waals surface area (Å²) in [5.41, 5.74) is 4.28. The Morgan fingerprint density at radius 3 is 2.34 bits per heavy atom. The number of ether oxygens (including phenoxy) is 2. The summed E-state index contributed by atoms with van der Waals surface area (Å²) in [6.07, 6.45) is -5.04. The molecule has 0 spiro atoms. The first-order chi connectivity index (χ1) is 19.1. The molecule has 0 aliphatic heterocycles. The van der Waals surface area contributed by atoms with Crippen molar-refractivity contribution >= 4 is 34.9 Å². The van der Waals surface area contributed by atoms with E-state index < -0.39 is 40.8 Å². The SMILES string of the molecule is COc1ccc(N)c(N(CCCc2cc(F)ccc2Nc2ccc(C(F)(F)F)cc2C(=O)O)C(=O)OC(C)(C)C)n1. The lowest BCUT2D eigenvalue weighted by molar-refractivity contribution is -0.137. The van der Waals surface area contributed by atoms with Crippen LogP contribution in [0.4, 0.5) is 45.2 Å². The van der Waals surface area contributed by atoms with Crippen LogP contribution in [0.5, 0.6) is 5.88 Å². The van der Waals surface area contributed by atoms with E-state index in [1.807, 2.05) is 0 Å². The van der Waals surface area contributed by atoms with Crippen LogP contribution >= 0.6 is 0 Å². The molecule has 0 unspecified atom stereocenters. The molecule has 1 heterocycles. The van der Waals surface area contributed by atoms with Gasteiger partial charge in [-0.25, -0.2) is 14.0 Å². The molecule has 220 valence electrons. The van der Waals surface area contributed by atoms with Gasteiger partial charge in [0, 0.05) is 18.3 Å². The first-order valence-electron chi connectivity index (χ1n) is 12.4. The van der Waals surface area contributed by atoms with Crippen molar-refractivity contribution in [1.29, 1.82) is 0 Å². The van der Waals surface area contributed by atoms with E-state index >= 15 is 0 Å². The summed E-state index contributed by atoms with van der Waals surface area (Å²) in [5.74, 6) is -1.84. The smallest absolute Gasteiger partial charge is 0.416 e. The first kappa shape index (κ1) is 31.0. The number of alkyl halides is 3. The zero-order chi connectivity index (χ0) is 30.5. The molecule has 0 bridgehead atoms. The van der Waals surface area contributed by atoms with Crippen molar-refractivity contribution in [1.82, 2.24) is 4.98 Å². The van der Waals surface area contributed by atoms with Crippen LogP contribution < -0.4 is 20.7 Å². The second kappa shape index (κ2) is 12.3. The Kier molecular flexibility index (Phi) is 9.31. The monoisotopic (exact) mass is 578 g/mol. The highest BCUT2D eigenvalue weighted by Crippen LogP contribution is 2.34. The molecular formula is C28H30F4N4O5. The lowest BCUT2D eigenvalue weighted by atomic mass is 10.0. The number of hydrogen-bond donors (Lipinski definition) is 3. The van der Waals surface area contributed by atoms with Crippen LogP contribution in [0, 0.1) is 5.82 Å². The highest BCUT2D eigenvalue weighted by Gasteiger charge is 2.32. The Bertz CT molecular complexity index is 1420. The molecule has 2 aromatic carbocycles. The van der Waals surface area contributed by atoms with Crippen LogP contribution in [-0.2, 0) is 17.3 Å². The largest absolute Gasteiger partial charge is 0.481 e. The minimum atomic E-state index is -4.73. The van der Waals surface area contributed by atoms with Crippen LogP contribution in [0.2, 0.25) is 0 Å². The van der Waals surface area contributed by atoms with Gasteiger partial charge in [0.2, 0.25) is 5.88 Å². The van der Waals surface area contributed by atoms with Crippen LogP contribution in [0.25, 0.3) is 0 Å². The molecule has 3 rings (SSSR count). The highest BCUT2D eigenvalue weighted by molar-refractivity contribution is 5.95. The normalized spacial score (nSPS) is 11.6. The van der Waals surface area contributed by atoms with Crippen molar-refractivity contribution in [3.05, 3.63) is 71.0 Å². The third-order valence-corrected chi connectivity index (χ3v) is 5.70. The van der Waals surface area contributed by atoms with Gasteiger partial charge in [-0.15, -0.1) is 0 Å². The standard InChI is InChI=1S/C28H30F4N4O5/c1-27(2,3)41-26(39)36(24-20(33)9-12-23(35-24)40-4)13-5-6-16-14-18(29)8-11-21(16)34-22-10-7-17(28(30,31)32)15-19(22)25(37)38/h7-12,14-15,34H,5-6,13,33H2,1-4H3,(H,37,38). The number of hydrogen-bond acceptors (Lipinski definition) is 7. The molecule has 0 radical (unpaired) electrons. The van der Waals surface area contributed by atoms with Gasteiger partial charge >= 0.3 is 18.2 Å². The average molecular weight is 579 g/mol. The number of aromatic nitrogens is 1. The summed E-state index contributed by atoms with van der Waals surface area (Å²) in [6, 6.07) is 9.02. The summed E-state index contributed by atoms with van der Waals surface area (Å²) in [5, 5.41) is 12.3. The second-order valence-corrected chi connectivity index (χ2v) is 9.99. The molecule has 1 amide bonds. The number of methoxy groups -OCH3 is 1. The van der Waals surface area contributed by atoms with Crippen molar-refractivity contribution in [2.45, 2.75) is 45.4 Å². The van der Waals surface area contributed by atoms with Gasteiger partial charge in [0.1, 0.15) is 11.4 Å². The number of benzene rings is 2. The Morgan fingerprint density at radius 2 is 1.73 bits per heavy atom. The zero-order valence-corrected chi connectivity index (χ0v) is 22.8. The number of carboxylic acids is 1. The summed E-state index contributed by atoms with van der Waals surface area (Å²) in [6.45, 7) is 5.13. The maximum Gasteiger partial charge on any atom is 0.416 e. The van der Waals surface area contributed by atoms with E-state index in [1.165, 1.54) is 36.3 Å². The van der Waals surface area contributed by atoms with E-state index in [9.17, 15) is 32.3 Å². The van der Waals surface area contributed by atoms with E-state index in [2.05, 4.69) is 10.3 Å². The number of carboxylic acid groups (broad SMARTS) is 1. The number of aryl methyl sites for hydroxylation is 1. The number of nitrogens with two attached hydrogens (primary N) is 1. The third kappa shape index (κ3) is 8.22. The second-order valence-electron chi connectivity index (χ2n) is 9.99. The molecule has 0 saturated heterocycles. The topological polar surface area (TPSA) is 127 Å². The molecule has 4 N–H and O–H groups in total. The van der Waals surface area contributed by atoms with Gasteiger partial charge in [-0.05, 0) is 81.6 Å². The number of carbonyl (C=O) groups is 2. The molecule has 41 heavy (non-hydrogen) atoms. The fourth-order valence-corrected chi connectivity index (χ4v) is 3.84. The van der Waals surface area contributed by atoms with E-state index in [0.717, 1.165) is 18.2 Å². The van der Waals surface area contributed by atoms with Crippen LogP contribution in [0.1, 0.15) is 48.7 Å². The van der Waals surface area contributed by atoms with E-state index in [1.54, 1.807) is 20.8 Å². The quantitative estimate of drug-likeness (QED) is 0.241. The highest BCUT2D eigenvalue weighted by atomic mass is 19.4. The maximum absolute atomic E-state index is 14.2. The maximum atomic E-state index is 14.2. The van der Waals surface area contributed by atoms with E-state index in [-0.39, 0.29) is 48.1 Å². The van der Waals surface area contributed by atoms with Gasteiger partial charge in [0.25, 0.3) is 0 Å². The number of rotatable bonds is 9. The molecule has 0 saturated carbocycles. The molecule has 0 atom stereocenters. The van der Waals surface area contributed by atoms with Crippen molar-refractivity contribution in [2.75, 3.05) is 29.6 Å². The Hall–Kier alpha value is -4.55. The Labute approximate surface area is 233 Å². The van der Waals surface area contributed by atoms with Crippen LogP contribution in [0.3, 0.4) is 0 Å². The number of aromatic carboxylic acids is 1.